The Morgan fingerprint density at radius 2 is 1.73 bits per heavy atom. The number of halogens is 1. The van der Waals surface area contributed by atoms with Crippen molar-refractivity contribution in [2.75, 3.05) is 37.0 Å². The van der Waals surface area contributed by atoms with E-state index >= 15 is 0 Å². The molecule has 1 saturated heterocycles. The van der Waals surface area contributed by atoms with Crippen molar-refractivity contribution in [2.45, 2.75) is 50.5 Å². The van der Waals surface area contributed by atoms with E-state index in [0.29, 0.717) is 29.3 Å². The van der Waals surface area contributed by atoms with Crippen LogP contribution in [-0.4, -0.2) is 48.0 Å². The fourth-order valence-electron chi connectivity index (χ4n) is 4.46. The van der Waals surface area contributed by atoms with Gasteiger partial charge in [0, 0.05) is 32.2 Å². The second kappa shape index (κ2) is 8.76. The Hall–Kier alpha value is -2.41. The number of hydrogen-bond donors (Lipinski definition) is 1. The molecule has 1 aliphatic heterocycles. The zero-order valence-corrected chi connectivity index (χ0v) is 18.5. The third-order valence-corrected chi connectivity index (χ3v) is 6.39. The number of amides is 1. The zero-order valence-electron chi connectivity index (χ0n) is 17.7. The first-order valence-corrected chi connectivity index (χ1v) is 11.1. The first-order chi connectivity index (χ1) is 14.5. The summed E-state index contributed by atoms with van der Waals surface area (Å²) in [6.45, 7) is 2.21. The van der Waals surface area contributed by atoms with Gasteiger partial charge in [0.25, 0.3) is 0 Å². The molecule has 30 heavy (non-hydrogen) atoms. The Balaban J connectivity index is 1.54. The first kappa shape index (κ1) is 20.8. The number of benzene rings is 1. The smallest absolute Gasteiger partial charge is 0.231 e. The maximum Gasteiger partial charge on any atom is 0.231 e. The van der Waals surface area contributed by atoms with Gasteiger partial charge >= 0.3 is 0 Å². The van der Waals surface area contributed by atoms with E-state index < -0.39 is 5.41 Å². The highest BCUT2D eigenvalue weighted by Crippen LogP contribution is 2.41. The van der Waals surface area contributed by atoms with E-state index in [1.54, 1.807) is 0 Å². The van der Waals surface area contributed by atoms with Crippen molar-refractivity contribution in [1.29, 1.82) is 0 Å². The van der Waals surface area contributed by atoms with Crippen LogP contribution in [0.15, 0.2) is 24.3 Å². The lowest BCUT2D eigenvalue weighted by Gasteiger charge is -2.28. The Morgan fingerprint density at radius 1 is 1.07 bits per heavy atom. The van der Waals surface area contributed by atoms with Crippen molar-refractivity contribution < 1.29 is 4.79 Å². The highest BCUT2D eigenvalue weighted by Gasteiger charge is 2.42. The van der Waals surface area contributed by atoms with Gasteiger partial charge in [0.1, 0.15) is 0 Å². The molecule has 0 unspecified atom stereocenters. The molecular weight excluding hydrogens is 400 g/mol. The summed E-state index contributed by atoms with van der Waals surface area (Å²) in [5.41, 5.74) is 0.532. The number of hydrogen-bond acceptors (Lipinski definition) is 6. The van der Waals surface area contributed by atoms with Crippen LogP contribution < -0.4 is 15.1 Å². The molecule has 0 spiro atoms. The maximum absolute atomic E-state index is 13.3. The summed E-state index contributed by atoms with van der Waals surface area (Å²) in [6, 6.07) is 7.68. The topological polar surface area (TPSA) is 74.2 Å². The SMILES string of the molecule is CN(C)c1nc(CNC(=O)C2(c3ccc(Cl)cc3)CCCC2)nc(N2CCCC2)n1. The van der Waals surface area contributed by atoms with Crippen LogP contribution in [-0.2, 0) is 16.8 Å². The van der Waals surface area contributed by atoms with E-state index in [2.05, 4.69) is 25.2 Å². The summed E-state index contributed by atoms with van der Waals surface area (Å²) in [6.07, 6.45) is 6.09. The van der Waals surface area contributed by atoms with Crippen molar-refractivity contribution in [2.24, 2.45) is 0 Å². The van der Waals surface area contributed by atoms with Gasteiger partial charge in [-0.05, 0) is 43.4 Å². The lowest BCUT2D eigenvalue weighted by Crippen LogP contribution is -2.42. The molecule has 4 rings (SSSR count). The normalized spacial score (nSPS) is 17.9. The predicted molar refractivity (Wildman–Crippen MR) is 119 cm³/mol. The van der Waals surface area contributed by atoms with Gasteiger partial charge in [0.05, 0.1) is 12.0 Å². The monoisotopic (exact) mass is 428 g/mol. The molecule has 1 aromatic heterocycles. The van der Waals surface area contributed by atoms with Gasteiger partial charge in [-0.2, -0.15) is 15.0 Å². The Bertz CT molecular complexity index is 889. The molecule has 1 aromatic carbocycles. The van der Waals surface area contributed by atoms with Crippen LogP contribution in [0.25, 0.3) is 0 Å². The van der Waals surface area contributed by atoms with Crippen molar-refractivity contribution in [3.05, 3.63) is 40.7 Å². The summed E-state index contributed by atoms with van der Waals surface area (Å²) >= 11 is 6.06. The number of anilines is 2. The number of carbonyl (C=O) groups is 1. The van der Waals surface area contributed by atoms with Gasteiger partial charge in [-0.15, -0.1) is 0 Å². The molecule has 0 atom stereocenters. The molecule has 8 heteroatoms. The Kier molecular flexibility index (Phi) is 6.09. The molecule has 2 fully saturated rings. The Labute approximate surface area is 182 Å². The second-order valence-electron chi connectivity index (χ2n) is 8.42. The van der Waals surface area contributed by atoms with Gasteiger partial charge in [-0.1, -0.05) is 36.6 Å². The minimum absolute atomic E-state index is 0.0388. The minimum Gasteiger partial charge on any atom is -0.348 e. The molecule has 1 aliphatic carbocycles. The molecular formula is C22H29ClN6O. The molecule has 0 radical (unpaired) electrons. The van der Waals surface area contributed by atoms with Crippen molar-refractivity contribution in [3.63, 3.8) is 0 Å². The molecule has 7 nitrogen and oxygen atoms in total. The first-order valence-electron chi connectivity index (χ1n) is 10.7. The van der Waals surface area contributed by atoms with E-state index in [1.165, 1.54) is 0 Å². The van der Waals surface area contributed by atoms with Gasteiger partial charge < -0.3 is 15.1 Å². The lowest BCUT2D eigenvalue weighted by atomic mass is 9.78. The highest BCUT2D eigenvalue weighted by atomic mass is 35.5. The quantitative estimate of drug-likeness (QED) is 0.760. The molecule has 1 amide bonds. The fraction of sp³-hybridized carbons (Fsp3) is 0.545. The minimum atomic E-state index is -0.500. The van der Waals surface area contributed by atoms with Crippen LogP contribution in [0.5, 0.6) is 0 Å². The number of nitrogens with zero attached hydrogens (tertiary/aromatic N) is 5. The van der Waals surface area contributed by atoms with E-state index in [0.717, 1.165) is 57.2 Å². The number of aromatic nitrogens is 3. The lowest BCUT2D eigenvalue weighted by molar-refractivity contribution is -0.126. The Morgan fingerprint density at radius 3 is 2.37 bits per heavy atom. The van der Waals surface area contributed by atoms with E-state index in [4.69, 9.17) is 11.6 Å². The number of rotatable bonds is 6. The van der Waals surface area contributed by atoms with Crippen molar-refractivity contribution >= 4 is 29.4 Å². The second-order valence-corrected chi connectivity index (χ2v) is 8.86. The maximum atomic E-state index is 13.3. The van der Waals surface area contributed by atoms with Crippen LogP contribution in [0.3, 0.4) is 0 Å². The highest BCUT2D eigenvalue weighted by molar-refractivity contribution is 6.30. The largest absolute Gasteiger partial charge is 0.348 e. The van der Waals surface area contributed by atoms with Crippen LogP contribution in [0, 0.1) is 0 Å². The van der Waals surface area contributed by atoms with Crippen LogP contribution in [0.2, 0.25) is 5.02 Å². The molecule has 2 aromatic rings. The van der Waals surface area contributed by atoms with E-state index in [1.807, 2.05) is 43.3 Å². The standard InChI is InChI=1S/C22H29ClN6O/c1-28(2)20-25-18(26-21(27-20)29-13-5-6-14-29)15-24-19(30)22(11-3-4-12-22)16-7-9-17(23)10-8-16/h7-10H,3-6,11-15H2,1-2H3,(H,24,30). The average Bonchev–Trinajstić information content (AvgIpc) is 3.45. The van der Waals surface area contributed by atoms with Gasteiger partial charge in [-0.25, -0.2) is 0 Å². The summed E-state index contributed by atoms with van der Waals surface area (Å²) in [7, 11) is 3.83. The van der Waals surface area contributed by atoms with Gasteiger partial charge in [0.2, 0.25) is 17.8 Å². The fourth-order valence-corrected chi connectivity index (χ4v) is 4.58. The van der Waals surface area contributed by atoms with Crippen LogP contribution in [0.1, 0.15) is 49.9 Å². The third kappa shape index (κ3) is 4.21. The number of carbonyl (C=O) groups excluding carboxylic acids is 1. The van der Waals surface area contributed by atoms with Crippen molar-refractivity contribution in [1.82, 2.24) is 20.3 Å². The summed E-state index contributed by atoms with van der Waals surface area (Å²) in [4.78, 5) is 31.2. The summed E-state index contributed by atoms with van der Waals surface area (Å²) in [5, 5.41) is 3.80. The molecule has 0 bridgehead atoms. The average molecular weight is 429 g/mol. The van der Waals surface area contributed by atoms with Gasteiger partial charge in [0.15, 0.2) is 5.82 Å². The number of nitrogens with one attached hydrogen (secondary N) is 1. The third-order valence-electron chi connectivity index (χ3n) is 6.14. The summed E-state index contributed by atoms with van der Waals surface area (Å²) < 4.78 is 0. The van der Waals surface area contributed by atoms with Crippen molar-refractivity contribution in [3.8, 4) is 0 Å². The summed E-state index contributed by atoms with van der Waals surface area (Å²) in [5.74, 6) is 1.94. The molecule has 1 N–H and O–H groups in total. The predicted octanol–water partition coefficient (Wildman–Crippen LogP) is 3.32. The molecule has 160 valence electrons. The van der Waals surface area contributed by atoms with E-state index in [9.17, 15) is 4.79 Å². The zero-order chi connectivity index (χ0) is 21.1. The molecule has 2 aliphatic rings. The van der Waals surface area contributed by atoms with Crippen LogP contribution >= 0.6 is 11.6 Å². The molecule has 1 saturated carbocycles. The molecule has 2 heterocycles. The van der Waals surface area contributed by atoms with Crippen LogP contribution in [0.4, 0.5) is 11.9 Å². The van der Waals surface area contributed by atoms with Gasteiger partial charge in [-0.3, -0.25) is 4.79 Å². The van der Waals surface area contributed by atoms with E-state index in [-0.39, 0.29) is 5.91 Å².